The first-order chi connectivity index (χ1) is 42.0. The van der Waals surface area contributed by atoms with Gasteiger partial charge in [0.1, 0.15) is 19.3 Å². The SMILES string of the molecule is CCCCCCCCCCCCCCCCC(=O)OC[C@H](COP(=O)(O)OC[C@@H](O)COP(=O)(O)OC[C@@H](COC(=O)CCCCCCC)OC(=O)CCCCCCCCCCCCCC)OC(=O)CCCCCCCCCCCCCCCC(C)C. The highest BCUT2D eigenvalue weighted by Gasteiger charge is 2.30. The number of rotatable bonds is 68. The van der Waals surface area contributed by atoms with E-state index in [1.54, 1.807) is 0 Å². The first kappa shape index (κ1) is 85.1. The van der Waals surface area contributed by atoms with Crippen molar-refractivity contribution in [3.63, 3.8) is 0 Å². The van der Waals surface area contributed by atoms with Gasteiger partial charge in [-0.2, -0.15) is 0 Å². The molecule has 0 saturated heterocycles. The molecule has 0 radical (unpaired) electrons. The van der Waals surface area contributed by atoms with Crippen LogP contribution in [0.5, 0.6) is 0 Å². The number of phosphoric ester groups is 2. The summed E-state index contributed by atoms with van der Waals surface area (Å²) in [5, 5.41) is 10.5. The Bertz CT molecular complexity index is 1690. The maximum atomic E-state index is 13.0. The molecule has 516 valence electrons. The highest BCUT2D eigenvalue weighted by molar-refractivity contribution is 7.47. The van der Waals surface area contributed by atoms with Crippen LogP contribution in [0.4, 0.5) is 0 Å². The van der Waals surface area contributed by atoms with E-state index in [0.717, 1.165) is 102 Å². The Morgan fingerprint density at radius 1 is 0.310 bits per heavy atom. The summed E-state index contributed by atoms with van der Waals surface area (Å²) in [4.78, 5) is 72.2. The lowest BCUT2D eigenvalue weighted by molar-refractivity contribution is -0.161. The van der Waals surface area contributed by atoms with Gasteiger partial charge in [-0.3, -0.25) is 37.3 Å². The smallest absolute Gasteiger partial charge is 0.462 e. The van der Waals surface area contributed by atoms with Crippen molar-refractivity contribution in [1.29, 1.82) is 0 Å². The van der Waals surface area contributed by atoms with Gasteiger partial charge in [-0.15, -0.1) is 0 Å². The van der Waals surface area contributed by atoms with E-state index >= 15 is 0 Å². The molecule has 0 aliphatic carbocycles. The van der Waals surface area contributed by atoms with Gasteiger partial charge in [0.05, 0.1) is 26.4 Å². The van der Waals surface area contributed by atoms with Crippen molar-refractivity contribution in [1.82, 2.24) is 0 Å². The molecule has 0 spiro atoms. The number of phosphoric acid groups is 2. The van der Waals surface area contributed by atoms with Crippen LogP contribution in [0, 0.1) is 5.92 Å². The zero-order valence-electron chi connectivity index (χ0n) is 56.2. The lowest BCUT2D eigenvalue weighted by Crippen LogP contribution is -2.30. The molecular weight excluding hydrogens is 1150 g/mol. The van der Waals surface area contributed by atoms with Gasteiger partial charge in [0.25, 0.3) is 0 Å². The Hall–Kier alpha value is -1.94. The van der Waals surface area contributed by atoms with Gasteiger partial charge < -0.3 is 33.8 Å². The topological polar surface area (TPSA) is 237 Å². The van der Waals surface area contributed by atoms with Crippen LogP contribution in [0.1, 0.15) is 349 Å². The number of carbonyl (C=O) groups excluding carboxylic acids is 4. The van der Waals surface area contributed by atoms with Crippen molar-refractivity contribution in [3.8, 4) is 0 Å². The second-order valence-corrected chi connectivity index (χ2v) is 27.9. The van der Waals surface area contributed by atoms with Crippen molar-refractivity contribution in [2.24, 2.45) is 5.92 Å². The predicted molar refractivity (Wildman–Crippen MR) is 349 cm³/mol. The molecule has 0 heterocycles. The Balaban J connectivity index is 5.16. The fraction of sp³-hybridized carbons (Fsp3) is 0.941. The third-order valence-corrected chi connectivity index (χ3v) is 17.7. The molecule has 0 fully saturated rings. The normalized spacial score (nSPS) is 14.1. The quantitative estimate of drug-likeness (QED) is 0.0222. The Kier molecular flexibility index (Phi) is 60.2. The summed E-state index contributed by atoms with van der Waals surface area (Å²) in [6.07, 6.45) is 47.4. The maximum Gasteiger partial charge on any atom is 0.472 e. The van der Waals surface area contributed by atoms with Crippen LogP contribution in [-0.2, 0) is 65.4 Å². The van der Waals surface area contributed by atoms with E-state index in [9.17, 15) is 43.2 Å². The lowest BCUT2D eigenvalue weighted by atomic mass is 10.0. The highest BCUT2D eigenvalue weighted by Crippen LogP contribution is 2.45. The minimum absolute atomic E-state index is 0.107. The summed E-state index contributed by atoms with van der Waals surface area (Å²) in [5.74, 6) is -1.35. The fourth-order valence-corrected chi connectivity index (χ4v) is 11.9. The summed E-state index contributed by atoms with van der Waals surface area (Å²) in [5.41, 5.74) is 0. The average molecular weight is 1280 g/mol. The van der Waals surface area contributed by atoms with Crippen molar-refractivity contribution in [3.05, 3.63) is 0 Å². The van der Waals surface area contributed by atoms with E-state index < -0.39 is 97.5 Å². The number of aliphatic hydroxyl groups excluding tert-OH is 1. The fourth-order valence-electron chi connectivity index (χ4n) is 10.3. The minimum Gasteiger partial charge on any atom is -0.462 e. The van der Waals surface area contributed by atoms with Gasteiger partial charge in [0.2, 0.25) is 0 Å². The molecule has 0 bridgehead atoms. The Morgan fingerprint density at radius 3 is 0.782 bits per heavy atom. The van der Waals surface area contributed by atoms with E-state index in [1.165, 1.54) is 167 Å². The molecule has 0 rings (SSSR count). The van der Waals surface area contributed by atoms with Crippen LogP contribution in [0.2, 0.25) is 0 Å². The Labute approximate surface area is 530 Å². The van der Waals surface area contributed by atoms with Crippen LogP contribution < -0.4 is 0 Å². The molecule has 3 N–H and O–H groups in total. The predicted octanol–water partition coefficient (Wildman–Crippen LogP) is 19.4. The number of aliphatic hydroxyl groups is 1. The minimum atomic E-state index is -4.95. The summed E-state index contributed by atoms with van der Waals surface area (Å²) in [7, 11) is -9.89. The molecule has 87 heavy (non-hydrogen) atoms. The van der Waals surface area contributed by atoms with Crippen LogP contribution in [-0.4, -0.2) is 96.7 Å². The molecule has 0 aliphatic heterocycles. The third-order valence-electron chi connectivity index (χ3n) is 15.8. The van der Waals surface area contributed by atoms with Crippen LogP contribution >= 0.6 is 15.6 Å². The van der Waals surface area contributed by atoms with Crippen molar-refractivity contribution < 1.29 is 80.2 Å². The van der Waals surface area contributed by atoms with E-state index in [2.05, 4.69) is 34.6 Å². The average Bonchev–Trinajstić information content (AvgIpc) is 3.70. The van der Waals surface area contributed by atoms with Gasteiger partial charge >= 0.3 is 39.5 Å². The molecule has 2 unspecified atom stereocenters. The monoisotopic (exact) mass is 1280 g/mol. The number of hydrogen-bond donors (Lipinski definition) is 3. The van der Waals surface area contributed by atoms with E-state index in [0.29, 0.717) is 25.7 Å². The molecule has 5 atom stereocenters. The maximum absolute atomic E-state index is 13.0. The summed E-state index contributed by atoms with van der Waals surface area (Å²) in [6, 6.07) is 0. The van der Waals surface area contributed by atoms with E-state index in [4.69, 9.17) is 37.0 Å². The standard InChI is InChI=1S/C68H132O17P2/c1-6-9-12-15-17-19-21-23-26-30-33-37-42-47-52-66(71)79-58-64(85-68(73)54-49-44-39-35-31-27-24-25-28-32-36-41-45-50-61(4)5)60-83-87(76,77)81-56-62(69)55-80-86(74,75)82-59-63(57-78-65(70)51-46-40-14-11-8-3)84-67(72)53-48-43-38-34-29-22-20-18-16-13-10-7-2/h61-64,69H,6-60H2,1-5H3,(H,74,75)(H,76,77)/t62-,63+,64+/m0/s1. The second-order valence-electron chi connectivity index (χ2n) is 25.0. The first-order valence-electron chi connectivity index (χ1n) is 35.6. The summed E-state index contributed by atoms with van der Waals surface area (Å²) in [6.45, 7) is 7.17. The molecule has 0 saturated carbocycles. The lowest BCUT2D eigenvalue weighted by Gasteiger charge is -2.21. The van der Waals surface area contributed by atoms with Gasteiger partial charge in [0, 0.05) is 25.7 Å². The van der Waals surface area contributed by atoms with E-state index in [1.807, 2.05) is 0 Å². The molecule has 0 aromatic heterocycles. The molecule has 17 nitrogen and oxygen atoms in total. The summed E-state index contributed by atoms with van der Waals surface area (Å²) < 4.78 is 68.0. The van der Waals surface area contributed by atoms with Gasteiger partial charge in [0.15, 0.2) is 12.2 Å². The van der Waals surface area contributed by atoms with Crippen LogP contribution in [0.25, 0.3) is 0 Å². The molecule has 0 aromatic carbocycles. The van der Waals surface area contributed by atoms with Crippen molar-refractivity contribution >= 4 is 39.5 Å². The van der Waals surface area contributed by atoms with Crippen LogP contribution in [0.15, 0.2) is 0 Å². The molecule has 0 amide bonds. The number of carbonyl (C=O) groups is 4. The second kappa shape index (κ2) is 61.6. The Morgan fingerprint density at radius 2 is 0.529 bits per heavy atom. The number of hydrogen-bond acceptors (Lipinski definition) is 15. The van der Waals surface area contributed by atoms with Gasteiger partial charge in [-0.1, -0.05) is 298 Å². The molecule has 19 heteroatoms. The van der Waals surface area contributed by atoms with Crippen LogP contribution in [0.3, 0.4) is 0 Å². The molecular formula is C68H132O17P2. The third kappa shape index (κ3) is 62.6. The number of esters is 4. The van der Waals surface area contributed by atoms with Gasteiger partial charge in [-0.25, -0.2) is 9.13 Å². The highest BCUT2D eigenvalue weighted by atomic mass is 31.2. The van der Waals surface area contributed by atoms with E-state index in [-0.39, 0.29) is 25.7 Å². The number of unbranched alkanes of at least 4 members (excludes halogenated alkanes) is 40. The summed E-state index contributed by atoms with van der Waals surface area (Å²) >= 11 is 0. The zero-order chi connectivity index (χ0) is 64.2. The zero-order valence-corrected chi connectivity index (χ0v) is 57.9. The molecule has 0 aromatic rings. The van der Waals surface area contributed by atoms with Crippen molar-refractivity contribution in [2.75, 3.05) is 39.6 Å². The van der Waals surface area contributed by atoms with Gasteiger partial charge in [-0.05, 0) is 31.6 Å². The van der Waals surface area contributed by atoms with Crippen molar-refractivity contribution in [2.45, 2.75) is 368 Å². The molecule has 0 aliphatic rings. The largest absolute Gasteiger partial charge is 0.472 e. The number of ether oxygens (including phenoxy) is 4. The first-order valence-corrected chi connectivity index (χ1v) is 38.6.